The Morgan fingerprint density at radius 1 is 0.818 bits per heavy atom. The Kier molecular flexibility index (Phi) is 10.5. The van der Waals surface area contributed by atoms with E-state index in [4.69, 9.17) is 0 Å². The maximum atomic E-state index is 2.57. The molecule has 1 heterocycles. The van der Waals surface area contributed by atoms with Gasteiger partial charge in [-0.2, -0.15) is 0 Å². The van der Waals surface area contributed by atoms with Gasteiger partial charge in [0.2, 0.25) is 0 Å². The Labute approximate surface area is 146 Å². The van der Waals surface area contributed by atoms with Gasteiger partial charge in [0.1, 0.15) is 0 Å². The summed E-state index contributed by atoms with van der Waals surface area (Å²) in [5, 5.41) is 6.26. The van der Waals surface area contributed by atoms with E-state index in [-0.39, 0.29) is 15.8 Å². The largest absolute Gasteiger partial charge is 0.147 e. The monoisotopic (exact) mass is 358 g/mol. The Balaban J connectivity index is 3.25. The van der Waals surface area contributed by atoms with E-state index >= 15 is 0 Å². The molecule has 3 heteroatoms. The third-order valence-electron chi connectivity index (χ3n) is 3.93. The van der Waals surface area contributed by atoms with Gasteiger partial charge in [0.15, 0.2) is 0 Å². The second-order valence-corrected chi connectivity index (χ2v) is 12.3. The fourth-order valence-electron chi connectivity index (χ4n) is 3.08. The van der Waals surface area contributed by atoms with E-state index in [1.54, 1.807) is 4.88 Å². The Bertz CT molecular complexity index is 400. The highest BCUT2D eigenvalue weighted by molar-refractivity contribution is 7.72. The summed E-state index contributed by atoms with van der Waals surface area (Å²) in [6.45, 7) is 14.3. The first-order valence-electron chi connectivity index (χ1n) is 9.21. The zero-order valence-electron chi connectivity index (χ0n) is 15.6. The summed E-state index contributed by atoms with van der Waals surface area (Å²) >= 11 is 2.08. The SMILES string of the molecule is CCCP(CCC)c1csc(C(C)C)c1P(CCC)CCC. The lowest BCUT2D eigenvalue weighted by Gasteiger charge is -2.25. The Morgan fingerprint density at radius 3 is 1.68 bits per heavy atom. The fraction of sp³-hybridized carbons (Fsp3) is 0.789. The first kappa shape index (κ1) is 20.6. The molecule has 0 aliphatic rings. The predicted molar refractivity (Wildman–Crippen MR) is 112 cm³/mol. The molecule has 128 valence electrons. The summed E-state index contributed by atoms with van der Waals surface area (Å²) in [5.74, 6) is 0.701. The van der Waals surface area contributed by atoms with Crippen LogP contribution in [-0.2, 0) is 0 Å². The molecule has 0 saturated heterocycles. The molecule has 0 N–H and O–H groups in total. The molecule has 0 nitrogen and oxygen atoms in total. The predicted octanol–water partition coefficient (Wildman–Crippen LogP) is 6.73. The first-order chi connectivity index (χ1) is 10.6. The zero-order chi connectivity index (χ0) is 16.5. The molecule has 0 saturated carbocycles. The topological polar surface area (TPSA) is 0 Å². The van der Waals surface area contributed by atoms with Crippen molar-refractivity contribution >= 4 is 37.8 Å². The van der Waals surface area contributed by atoms with E-state index in [1.165, 1.54) is 50.3 Å². The molecule has 0 aliphatic heterocycles. The van der Waals surface area contributed by atoms with Crippen molar-refractivity contribution in [3.63, 3.8) is 0 Å². The van der Waals surface area contributed by atoms with Gasteiger partial charge in [-0.1, -0.05) is 83.1 Å². The van der Waals surface area contributed by atoms with Gasteiger partial charge in [0.25, 0.3) is 0 Å². The highest BCUT2D eigenvalue weighted by atomic mass is 32.1. The lowest BCUT2D eigenvalue weighted by atomic mass is 10.2. The van der Waals surface area contributed by atoms with Crippen molar-refractivity contribution < 1.29 is 0 Å². The van der Waals surface area contributed by atoms with Crippen LogP contribution in [0, 0.1) is 0 Å². The smallest absolute Gasteiger partial charge is 0.0154 e. The molecule has 0 fully saturated rings. The summed E-state index contributed by atoms with van der Waals surface area (Å²) in [4.78, 5) is 1.72. The van der Waals surface area contributed by atoms with Crippen molar-refractivity contribution in [1.82, 2.24) is 0 Å². The molecule has 0 unspecified atom stereocenters. The molecule has 0 aliphatic carbocycles. The zero-order valence-corrected chi connectivity index (χ0v) is 18.2. The number of thiophene rings is 1. The minimum Gasteiger partial charge on any atom is -0.147 e. The molecule has 0 spiro atoms. The number of hydrogen-bond donors (Lipinski definition) is 0. The van der Waals surface area contributed by atoms with Crippen molar-refractivity contribution in [2.45, 2.75) is 73.1 Å². The van der Waals surface area contributed by atoms with E-state index in [2.05, 4.69) is 58.3 Å². The first-order valence-corrected chi connectivity index (χ1v) is 13.5. The Hall–Kier alpha value is 0.560. The average molecular weight is 359 g/mol. The van der Waals surface area contributed by atoms with Gasteiger partial charge in [-0.05, 0) is 46.6 Å². The summed E-state index contributed by atoms with van der Waals surface area (Å²) in [5.41, 5.74) is 0. The van der Waals surface area contributed by atoms with E-state index in [1.807, 2.05) is 10.6 Å². The van der Waals surface area contributed by atoms with Crippen molar-refractivity contribution in [2.75, 3.05) is 24.6 Å². The van der Waals surface area contributed by atoms with E-state index in [0.717, 1.165) is 0 Å². The number of hydrogen-bond acceptors (Lipinski definition) is 1. The van der Waals surface area contributed by atoms with E-state index < -0.39 is 0 Å². The maximum Gasteiger partial charge on any atom is 0.0154 e. The minimum atomic E-state index is 0.0798. The normalized spacial score (nSPS) is 12.0. The van der Waals surface area contributed by atoms with Crippen LogP contribution in [0.3, 0.4) is 0 Å². The van der Waals surface area contributed by atoms with Crippen LogP contribution in [0.1, 0.15) is 78.0 Å². The summed E-state index contributed by atoms with van der Waals surface area (Å²) < 4.78 is 0. The second-order valence-electron chi connectivity index (χ2n) is 6.46. The van der Waals surface area contributed by atoms with E-state index in [0.29, 0.717) is 5.92 Å². The maximum absolute atomic E-state index is 2.57. The Morgan fingerprint density at radius 2 is 1.27 bits per heavy atom. The third-order valence-corrected chi connectivity index (χ3v) is 11.8. The van der Waals surface area contributed by atoms with Crippen LogP contribution in [0.25, 0.3) is 0 Å². The molecular weight excluding hydrogens is 322 g/mol. The van der Waals surface area contributed by atoms with Crippen molar-refractivity contribution in [3.8, 4) is 0 Å². The van der Waals surface area contributed by atoms with Gasteiger partial charge in [-0.15, -0.1) is 11.3 Å². The van der Waals surface area contributed by atoms with Crippen LogP contribution in [-0.4, -0.2) is 24.6 Å². The summed E-state index contributed by atoms with van der Waals surface area (Å²) in [6.07, 6.45) is 11.1. The molecule has 0 atom stereocenters. The molecule has 0 bridgehead atoms. The molecule has 1 aromatic rings. The molecule has 0 radical (unpaired) electrons. The van der Waals surface area contributed by atoms with Crippen LogP contribution < -0.4 is 10.6 Å². The molecule has 0 aromatic carbocycles. The second kappa shape index (κ2) is 11.2. The standard InChI is InChI=1S/C19H36P2S/c1-7-11-20(12-8-2)17-15-22-19(16(5)6)18(17)21(13-9-3)14-10-4/h15-16H,7-14H2,1-6H3. The van der Waals surface area contributed by atoms with Gasteiger partial charge in [0.05, 0.1) is 0 Å². The lowest BCUT2D eigenvalue weighted by Crippen LogP contribution is -2.25. The molecule has 0 amide bonds. The van der Waals surface area contributed by atoms with Crippen LogP contribution in [0.4, 0.5) is 0 Å². The van der Waals surface area contributed by atoms with Crippen molar-refractivity contribution in [3.05, 3.63) is 10.3 Å². The van der Waals surface area contributed by atoms with Gasteiger partial charge in [0, 0.05) is 4.88 Å². The van der Waals surface area contributed by atoms with Gasteiger partial charge < -0.3 is 0 Å². The number of rotatable bonds is 11. The van der Waals surface area contributed by atoms with Gasteiger partial charge >= 0.3 is 0 Å². The third kappa shape index (κ3) is 5.58. The van der Waals surface area contributed by atoms with Crippen LogP contribution in [0.5, 0.6) is 0 Å². The molecule has 22 heavy (non-hydrogen) atoms. The highest BCUT2D eigenvalue weighted by Gasteiger charge is 2.25. The van der Waals surface area contributed by atoms with Crippen molar-refractivity contribution in [1.29, 1.82) is 0 Å². The highest BCUT2D eigenvalue weighted by Crippen LogP contribution is 2.45. The summed E-state index contributed by atoms with van der Waals surface area (Å²) in [7, 11) is 0.172. The fourth-order valence-corrected chi connectivity index (χ4v) is 11.2. The molecular formula is C19H36P2S. The molecule has 1 rings (SSSR count). The van der Waals surface area contributed by atoms with Gasteiger partial charge in [-0.25, -0.2) is 0 Å². The quantitative estimate of drug-likeness (QED) is 0.385. The van der Waals surface area contributed by atoms with Crippen LogP contribution >= 0.6 is 27.2 Å². The van der Waals surface area contributed by atoms with Crippen LogP contribution in [0.15, 0.2) is 5.38 Å². The van der Waals surface area contributed by atoms with Crippen molar-refractivity contribution in [2.24, 2.45) is 0 Å². The van der Waals surface area contributed by atoms with E-state index in [9.17, 15) is 0 Å². The minimum absolute atomic E-state index is 0.0798. The molecule has 1 aromatic heterocycles. The van der Waals surface area contributed by atoms with Gasteiger partial charge in [-0.3, -0.25) is 0 Å². The average Bonchev–Trinajstić information content (AvgIpc) is 2.91. The lowest BCUT2D eigenvalue weighted by molar-refractivity contribution is 0.895. The summed E-state index contributed by atoms with van der Waals surface area (Å²) in [6, 6.07) is 0. The van der Waals surface area contributed by atoms with Crippen LogP contribution in [0.2, 0.25) is 0 Å².